The van der Waals surface area contributed by atoms with Crippen LogP contribution >= 0.6 is 11.6 Å². The predicted octanol–water partition coefficient (Wildman–Crippen LogP) is 8.00. The van der Waals surface area contributed by atoms with Gasteiger partial charge in [-0.15, -0.1) is 0 Å². The Kier molecular flexibility index (Phi) is 13.4. The second-order valence-corrected chi connectivity index (χ2v) is 14.9. The number of fused-ring (bicyclic) bond motifs is 2. The van der Waals surface area contributed by atoms with Gasteiger partial charge >= 0.3 is 12.1 Å². The average Bonchev–Trinajstić information content (AvgIpc) is 3.89. The quantitative estimate of drug-likeness (QED) is 0.0688. The van der Waals surface area contributed by atoms with E-state index in [1.165, 1.54) is 6.20 Å². The highest BCUT2D eigenvalue weighted by atomic mass is 35.5. The molecule has 8 aromatic rings. The van der Waals surface area contributed by atoms with Crippen molar-refractivity contribution in [2.45, 2.75) is 31.7 Å². The molecular formula is C45H39ClF3N11O5. The second-order valence-electron chi connectivity index (χ2n) is 14.5. The van der Waals surface area contributed by atoms with E-state index in [0.29, 0.717) is 61.4 Å². The molecule has 6 N–H and O–H groups in total. The molecule has 4 aromatic heterocycles. The monoisotopic (exact) mass is 905 g/mol. The van der Waals surface area contributed by atoms with Crippen molar-refractivity contribution in [3.05, 3.63) is 144 Å². The van der Waals surface area contributed by atoms with Gasteiger partial charge in [0, 0.05) is 54.4 Å². The number of anilines is 5. The first-order chi connectivity index (χ1) is 31.1. The van der Waals surface area contributed by atoms with Crippen LogP contribution in [0.3, 0.4) is 0 Å². The number of aliphatic hydroxyl groups excluding tert-OH is 1. The SMILES string of the molecule is CNC(=O)c1ccc2c(c1)nc(-c1cccc3cccnc13)n2C(Cc1ccccc1)C(O)C(=O)Nc1ccc(C)c(Nc2ncc(Cl)c(Nc3cnn(C)c3)n2)c1.O=C(O)C(F)(F)F. The van der Waals surface area contributed by atoms with Gasteiger partial charge in [0.1, 0.15) is 10.8 Å². The van der Waals surface area contributed by atoms with Gasteiger partial charge in [-0.05, 0) is 66.9 Å². The number of nitrogens with zero attached hydrogens (tertiary/aromatic N) is 7. The van der Waals surface area contributed by atoms with Crippen LogP contribution in [0.25, 0.3) is 33.3 Å². The number of carbonyl (C=O) groups excluding carboxylic acids is 2. The van der Waals surface area contributed by atoms with Crippen molar-refractivity contribution in [1.82, 2.24) is 39.6 Å². The van der Waals surface area contributed by atoms with E-state index in [2.05, 4.69) is 36.3 Å². The van der Waals surface area contributed by atoms with Crippen molar-refractivity contribution in [1.29, 1.82) is 0 Å². The van der Waals surface area contributed by atoms with Crippen LogP contribution < -0.4 is 21.3 Å². The maximum atomic E-state index is 14.3. The number of imidazole rings is 1. The van der Waals surface area contributed by atoms with Crippen LogP contribution in [-0.2, 0) is 23.1 Å². The number of amides is 2. The van der Waals surface area contributed by atoms with Crippen LogP contribution in [0.1, 0.15) is 27.5 Å². The zero-order valence-electron chi connectivity index (χ0n) is 34.7. The van der Waals surface area contributed by atoms with E-state index >= 15 is 0 Å². The van der Waals surface area contributed by atoms with Crippen LogP contribution in [0.15, 0.2) is 122 Å². The van der Waals surface area contributed by atoms with Crippen LogP contribution in [0.5, 0.6) is 0 Å². The molecule has 332 valence electrons. The molecule has 0 aliphatic heterocycles. The first kappa shape index (κ1) is 45.1. The zero-order chi connectivity index (χ0) is 46.4. The molecule has 0 fully saturated rings. The van der Waals surface area contributed by atoms with Gasteiger partial charge in [-0.3, -0.25) is 19.3 Å². The van der Waals surface area contributed by atoms with Gasteiger partial charge in [0.25, 0.3) is 11.8 Å². The fraction of sp³-hybridized carbons (Fsp3) is 0.156. The van der Waals surface area contributed by atoms with E-state index in [1.807, 2.05) is 85.3 Å². The molecule has 0 bridgehead atoms. The van der Waals surface area contributed by atoms with Gasteiger partial charge in [-0.2, -0.15) is 23.3 Å². The number of aliphatic carboxylic acids is 1. The Hall–Kier alpha value is -7.90. The summed E-state index contributed by atoms with van der Waals surface area (Å²) in [5.41, 5.74) is 6.50. The number of pyridine rings is 1. The van der Waals surface area contributed by atoms with Gasteiger partial charge in [0.2, 0.25) is 5.95 Å². The van der Waals surface area contributed by atoms with Crippen molar-refractivity contribution >= 4 is 80.1 Å². The van der Waals surface area contributed by atoms with E-state index < -0.39 is 30.2 Å². The van der Waals surface area contributed by atoms with E-state index in [-0.39, 0.29) is 18.3 Å². The minimum atomic E-state index is -5.08. The third-order valence-electron chi connectivity index (χ3n) is 10.0. The summed E-state index contributed by atoms with van der Waals surface area (Å²) in [6.45, 7) is 1.91. The van der Waals surface area contributed by atoms with E-state index in [0.717, 1.165) is 16.5 Å². The molecule has 2 unspecified atom stereocenters. The lowest BCUT2D eigenvalue weighted by atomic mass is 9.99. The molecule has 0 aliphatic carbocycles. The largest absolute Gasteiger partial charge is 0.490 e. The van der Waals surface area contributed by atoms with Crippen LogP contribution in [0.4, 0.5) is 42.0 Å². The molecule has 8 rings (SSSR count). The number of rotatable bonds is 12. The summed E-state index contributed by atoms with van der Waals surface area (Å²) in [6.07, 6.45) is 0.265. The molecule has 0 aliphatic rings. The number of carboxylic acid groups (broad SMARTS) is 1. The smallest absolute Gasteiger partial charge is 0.475 e. The van der Waals surface area contributed by atoms with E-state index in [4.69, 9.17) is 31.5 Å². The Morgan fingerprint density at radius 1 is 0.877 bits per heavy atom. The molecule has 0 saturated carbocycles. The van der Waals surface area contributed by atoms with Crippen molar-refractivity contribution in [2.24, 2.45) is 7.05 Å². The molecule has 4 heterocycles. The lowest BCUT2D eigenvalue weighted by molar-refractivity contribution is -0.192. The predicted molar refractivity (Wildman–Crippen MR) is 239 cm³/mol. The normalized spacial score (nSPS) is 12.2. The minimum Gasteiger partial charge on any atom is -0.475 e. The van der Waals surface area contributed by atoms with Gasteiger partial charge in [-0.1, -0.05) is 66.2 Å². The van der Waals surface area contributed by atoms with Crippen molar-refractivity contribution < 1.29 is 37.8 Å². The third kappa shape index (κ3) is 10.5. The van der Waals surface area contributed by atoms with Crippen LogP contribution in [0.2, 0.25) is 5.02 Å². The maximum Gasteiger partial charge on any atom is 0.490 e. The van der Waals surface area contributed by atoms with Gasteiger partial charge in [0.15, 0.2) is 11.9 Å². The first-order valence-corrected chi connectivity index (χ1v) is 20.0. The van der Waals surface area contributed by atoms with E-state index in [1.54, 1.807) is 60.7 Å². The number of aliphatic hydroxyl groups is 1. The third-order valence-corrected chi connectivity index (χ3v) is 10.3. The summed E-state index contributed by atoms with van der Waals surface area (Å²) in [6, 6.07) is 29.0. The summed E-state index contributed by atoms with van der Waals surface area (Å²) in [5.74, 6) is -2.51. The zero-order valence-corrected chi connectivity index (χ0v) is 35.4. The topological polar surface area (TPSA) is 214 Å². The number of benzene rings is 4. The first-order valence-electron chi connectivity index (χ1n) is 19.7. The fourth-order valence-electron chi connectivity index (χ4n) is 6.88. The van der Waals surface area contributed by atoms with Gasteiger partial charge < -0.3 is 36.0 Å². The molecule has 0 saturated heterocycles. The van der Waals surface area contributed by atoms with E-state index in [9.17, 15) is 27.9 Å². The average molecular weight is 906 g/mol. The Balaban J connectivity index is 0.000000833. The maximum absolute atomic E-state index is 14.3. The Morgan fingerprint density at radius 3 is 2.34 bits per heavy atom. The molecule has 20 heteroatoms. The standard InChI is InChI=1S/C43H38ClN11O3.C2HF3O2/c1-25-14-16-29(21-33(25)52-43-47-23-32(44)39(53-43)49-30-22-48-54(3)24-30)50-42(58)38(56)36(19-26-9-5-4-6-10-26)55-35-17-15-28(41(57)45-2)20-34(35)51-40(55)31-13-7-11-27-12-8-18-46-37(27)31;3-2(4,5)1(6)7/h4-18,20-24,36,38,56H,19H2,1-3H3,(H,45,57)(H,50,58)(H2,47,49,52,53);(H,6,7). The van der Waals surface area contributed by atoms with Crippen LogP contribution in [0, 0.1) is 6.92 Å². The molecule has 2 atom stereocenters. The van der Waals surface area contributed by atoms with Gasteiger partial charge in [0.05, 0.1) is 40.7 Å². The number of carboxylic acids is 1. The Morgan fingerprint density at radius 2 is 1.63 bits per heavy atom. The number of carbonyl (C=O) groups is 3. The van der Waals surface area contributed by atoms with Crippen LogP contribution in [-0.4, -0.2) is 81.6 Å². The molecular weight excluding hydrogens is 867 g/mol. The number of nitrogens with one attached hydrogen (secondary N) is 4. The molecule has 0 spiro atoms. The number of aromatic nitrogens is 7. The number of alkyl halides is 3. The minimum absolute atomic E-state index is 0.263. The Labute approximate surface area is 373 Å². The number of para-hydroxylation sites is 1. The number of hydrogen-bond donors (Lipinski definition) is 6. The fourth-order valence-corrected chi connectivity index (χ4v) is 7.02. The molecule has 65 heavy (non-hydrogen) atoms. The summed E-state index contributed by atoms with van der Waals surface area (Å²) < 4.78 is 35.3. The number of aryl methyl sites for hydroxylation is 2. The molecule has 0 radical (unpaired) electrons. The van der Waals surface area contributed by atoms with Crippen molar-refractivity contribution in [3.8, 4) is 11.4 Å². The summed E-state index contributed by atoms with van der Waals surface area (Å²) in [4.78, 5) is 54.6. The highest BCUT2D eigenvalue weighted by molar-refractivity contribution is 6.32. The highest BCUT2D eigenvalue weighted by Crippen LogP contribution is 2.36. The summed E-state index contributed by atoms with van der Waals surface area (Å²) >= 11 is 6.40. The lowest BCUT2D eigenvalue weighted by Crippen LogP contribution is -2.37. The van der Waals surface area contributed by atoms with Gasteiger partial charge in [-0.25, -0.2) is 14.8 Å². The molecule has 4 aromatic carbocycles. The molecule has 2 amide bonds. The highest BCUT2D eigenvalue weighted by Gasteiger charge is 2.38. The lowest BCUT2D eigenvalue weighted by Gasteiger charge is -2.27. The van der Waals surface area contributed by atoms with Crippen molar-refractivity contribution in [3.63, 3.8) is 0 Å². The second kappa shape index (κ2) is 19.2. The number of hydrogen-bond acceptors (Lipinski definition) is 11. The summed E-state index contributed by atoms with van der Waals surface area (Å²) in [5, 5.41) is 36.7. The van der Waals surface area contributed by atoms with Crippen molar-refractivity contribution in [2.75, 3.05) is 23.0 Å². The molecule has 16 nitrogen and oxygen atoms in total. The summed E-state index contributed by atoms with van der Waals surface area (Å²) in [7, 11) is 3.38. The Bertz CT molecular complexity index is 3030. The number of halogens is 4.